The fourth-order valence-electron chi connectivity index (χ4n) is 1.49. The summed E-state index contributed by atoms with van der Waals surface area (Å²) in [5.74, 6) is 0.140. The van der Waals surface area contributed by atoms with Gasteiger partial charge in [0.15, 0.2) is 0 Å². The van der Waals surface area contributed by atoms with Crippen LogP contribution in [0.15, 0.2) is 41.3 Å². The van der Waals surface area contributed by atoms with Crippen LogP contribution in [0.5, 0.6) is 5.75 Å². The van der Waals surface area contributed by atoms with E-state index in [0.717, 1.165) is 0 Å². The summed E-state index contributed by atoms with van der Waals surface area (Å²) < 4.78 is 5.06. The highest BCUT2D eigenvalue weighted by atomic mass is 35.5. The lowest BCUT2D eigenvalue weighted by Gasteiger charge is -2.08. The zero-order valence-corrected chi connectivity index (χ0v) is 10.8. The van der Waals surface area contributed by atoms with Crippen molar-refractivity contribution in [2.75, 3.05) is 12.4 Å². The molecular weight excluding hydrogens is 268 g/mol. The number of rotatable bonds is 3. The minimum absolute atomic E-state index is 0.260. The van der Waals surface area contributed by atoms with Gasteiger partial charge >= 0.3 is 0 Å². The molecule has 1 aromatic heterocycles. The number of carbonyl (C=O) groups is 1. The van der Waals surface area contributed by atoms with Crippen LogP contribution >= 0.6 is 11.6 Å². The van der Waals surface area contributed by atoms with Gasteiger partial charge in [-0.25, -0.2) is 0 Å². The molecule has 0 aliphatic rings. The lowest BCUT2D eigenvalue weighted by Crippen LogP contribution is -2.14. The summed E-state index contributed by atoms with van der Waals surface area (Å²) in [4.78, 5) is 25.2. The summed E-state index contributed by atoms with van der Waals surface area (Å²) in [5.41, 5.74) is 0.649. The van der Waals surface area contributed by atoms with Gasteiger partial charge in [0.25, 0.3) is 5.91 Å². The van der Waals surface area contributed by atoms with Crippen LogP contribution in [0.25, 0.3) is 0 Å². The van der Waals surface area contributed by atoms with Crippen molar-refractivity contribution in [1.82, 2.24) is 4.98 Å². The molecule has 0 aliphatic carbocycles. The molecule has 1 amide bonds. The van der Waals surface area contributed by atoms with Crippen LogP contribution in [-0.4, -0.2) is 18.0 Å². The van der Waals surface area contributed by atoms with Crippen molar-refractivity contribution in [2.24, 2.45) is 0 Å². The molecule has 98 valence electrons. The van der Waals surface area contributed by atoms with Crippen LogP contribution in [0.2, 0.25) is 5.02 Å². The minimum Gasteiger partial charge on any atom is -0.495 e. The average Bonchev–Trinajstić information content (AvgIpc) is 2.41. The van der Waals surface area contributed by atoms with E-state index in [1.54, 1.807) is 18.2 Å². The minimum atomic E-state index is -0.333. The van der Waals surface area contributed by atoms with E-state index >= 15 is 0 Å². The van der Waals surface area contributed by atoms with Crippen LogP contribution in [0.4, 0.5) is 5.69 Å². The molecule has 6 heteroatoms. The Morgan fingerprint density at radius 2 is 2.11 bits per heavy atom. The van der Waals surface area contributed by atoms with Gasteiger partial charge in [0, 0.05) is 24.0 Å². The van der Waals surface area contributed by atoms with E-state index in [4.69, 9.17) is 16.3 Å². The average molecular weight is 279 g/mol. The van der Waals surface area contributed by atoms with Crippen LogP contribution in [-0.2, 0) is 0 Å². The van der Waals surface area contributed by atoms with Gasteiger partial charge in [-0.3, -0.25) is 9.59 Å². The van der Waals surface area contributed by atoms with E-state index in [-0.39, 0.29) is 11.5 Å². The van der Waals surface area contributed by atoms with E-state index in [2.05, 4.69) is 10.3 Å². The summed E-state index contributed by atoms with van der Waals surface area (Å²) >= 11 is 5.89. The number of aromatic amines is 1. The molecule has 5 nitrogen and oxygen atoms in total. The molecule has 0 saturated heterocycles. The standard InChI is InChI=1S/C13H11ClN2O3/c1-19-11-6-9(3-4-10(11)14)16-13(18)8-2-5-12(17)15-7-8/h2-7H,1H3,(H,15,17)(H,16,18). The first-order chi connectivity index (χ1) is 9.10. The fourth-order valence-corrected chi connectivity index (χ4v) is 1.69. The van der Waals surface area contributed by atoms with Crippen molar-refractivity contribution < 1.29 is 9.53 Å². The summed E-state index contributed by atoms with van der Waals surface area (Å²) in [7, 11) is 1.49. The first-order valence-electron chi connectivity index (χ1n) is 5.44. The number of H-pyrrole nitrogens is 1. The van der Waals surface area contributed by atoms with Gasteiger partial charge in [-0.05, 0) is 18.2 Å². The molecule has 1 aromatic carbocycles. The lowest BCUT2D eigenvalue weighted by atomic mass is 10.2. The highest BCUT2D eigenvalue weighted by Crippen LogP contribution is 2.27. The summed E-state index contributed by atoms with van der Waals surface area (Å²) in [5, 5.41) is 3.14. The number of methoxy groups -OCH3 is 1. The molecule has 19 heavy (non-hydrogen) atoms. The Bertz CT molecular complexity index is 647. The number of aromatic nitrogens is 1. The Morgan fingerprint density at radius 1 is 1.32 bits per heavy atom. The van der Waals surface area contributed by atoms with Crippen molar-refractivity contribution in [3.8, 4) is 5.75 Å². The fraction of sp³-hybridized carbons (Fsp3) is 0.0769. The van der Waals surface area contributed by atoms with E-state index in [1.807, 2.05) is 0 Å². The third-order valence-corrected chi connectivity index (χ3v) is 2.77. The second-order valence-corrected chi connectivity index (χ2v) is 4.15. The number of hydrogen-bond donors (Lipinski definition) is 2. The SMILES string of the molecule is COc1cc(NC(=O)c2ccc(=O)[nH]c2)ccc1Cl. The molecule has 2 N–H and O–H groups in total. The monoisotopic (exact) mass is 278 g/mol. The normalized spacial score (nSPS) is 10.0. The molecule has 0 atom stereocenters. The smallest absolute Gasteiger partial charge is 0.257 e. The highest BCUT2D eigenvalue weighted by Gasteiger charge is 2.08. The van der Waals surface area contributed by atoms with E-state index < -0.39 is 0 Å². The Kier molecular flexibility index (Phi) is 3.87. The second-order valence-electron chi connectivity index (χ2n) is 3.75. The second kappa shape index (κ2) is 5.58. The summed E-state index contributed by atoms with van der Waals surface area (Å²) in [6.45, 7) is 0. The maximum absolute atomic E-state index is 11.9. The maximum Gasteiger partial charge on any atom is 0.257 e. The quantitative estimate of drug-likeness (QED) is 0.905. The highest BCUT2D eigenvalue weighted by molar-refractivity contribution is 6.32. The van der Waals surface area contributed by atoms with Crippen molar-refractivity contribution >= 4 is 23.2 Å². The lowest BCUT2D eigenvalue weighted by molar-refractivity contribution is 0.102. The number of ether oxygens (including phenoxy) is 1. The van der Waals surface area contributed by atoms with Crippen molar-refractivity contribution in [3.05, 3.63) is 57.5 Å². The topological polar surface area (TPSA) is 71.2 Å². The summed E-state index contributed by atoms with van der Waals surface area (Å²) in [6.07, 6.45) is 1.35. The summed E-state index contributed by atoms with van der Waals surface area (Å²) in [6, 6.07) is 7.64. The van der Waals surface area contributed by atoms with Crippen molar-refractivity contribution in [1.29, 1.82) is 0 Å². The molecule has 0 radical (unpaired) electrons. The number of amides is 1. The number of pyridine rings is 1. The molecule has 0 bridgehead atoms. The van der Waals surface area contributed by atoms with Gasteiger partial charge in [-0.2, -0.15) is 0 Å². The zero-order valence-electron chi connectivity index (χ0n) is 10.1. The zero-order chi connectivity index (χ0) is 13.8. The molecule has 0 spiro atoms. The van der Waals surface area contributed by atoms with Crippen molar-refractivity contribution in [3.63, 3.8) is 0 Å². The Labute approximate surface area is 114 Å². The van der Waals surface area contributed by atoms with Crippen LogP contribution < -0.4 is 15.6 Å². The van der Waals surface area contributed by atoms with Gasteiger partial charge in [0.05, 0.1) is 17.7 Å². The number of benzene rings is 1. The first-order valence-corrected chi connectivity index (χ1v) is 5.81. The third kappa shape index (κ3) is 3.14. The maximum atomic E-state index is 11.9. The van der Waals surface area contributed by atoms with Crippen molar-refractivity contribution in [2.45, 2.75) is 0 Å². The predicted molar refractivity (Wildman–Crippen MR) is 73.0 cm³/mol. The number of carbonyl (C=O) groups excluding carboxylic acids is 1. The third-order valence-electron chi connectivity index (χ3n) is 2.46. The van der Waals surface area contributed by atoms with Gasteiger partial charge in [0.2, 0.25) is 5.56 Å². The molecule has 0 saturated carbocycles. The van der Waals surface area contributed by atoms with E-state index in [9.17, 15) is 9.59 Å². The number of hydrogen-bond acceptors (Lipinski definition) is 3. The number of anilines is 1. The molecule has 1 heterocycles. The molecule has 0 fully saturated rings. The Balaban J connectivity index is 2.19. The van der Waals surface area contributed by atoms with Gasteiger partial charge in [-0.15, -0.1) is 0 Å². The molecular formula is C13H11ClN2O3. The number of halogens is 1. The van der Waals surface area contributed by atoms with Gasteiger partial charge in [-0.1, -0.05) is 11.6 Å². The molecule has 2 rings (SSSR count). The van der Waals surface area contributed by atoms with Gasteiger partial charge in [0.1, 0.15) is 5.75 Å². The van der Waals surface area contributed by atoms with E-state index in [1.165, 1.54) is 25.4 Å². The number of nitrogens with one attached hydrogen (secondary N) is 2. The van der Waals surface area contributed by atoms with Gasteiger partial charge < -0.3 is 15.0 Å². The Hall–Kier alpha value is -2.27. The van der Waals surface area contributed by atoms with Crippen LogP contribution in [0.3, 0.4) is 0 Å². The molecule has 0 aliphatic heterocycles. The molecule has 2 aromatic rings. The van der Waals surface area contributed by atoms with Crippen LogP contribution in [0, 0.1) is 0 Å². The largest absolute Gasteiger partial charge is 0.495 e. The molecule has 0 unspecified atom stereocenters. The first kappa shape index (κ1) is 13.2. The predicted octanol–water partition coefficient (Wildman–Crippen LogP) is 2.29. The Morgan fingerprint density at radius 3 is 2.74 bits per heavy atom. The van der Waals surface area contributed by atoms with E-state index in [0.29, 0.717) is 22.0 Å². The van der Waals surface area contributed by atoms with Crippen LogP contribution in [0.1, 0.15) is 10.4 Å².